The van der Waals surface area contributed by atoms with Gasteiger partial charge in [-0.15, -0.1) is 0 Å². The lowest BCUT2D eigenvalue weighted by Crippen LogP contribution is -1.94. The van der Waals surface area contributed by atoms with E-state index in [-0.39, 0.29) is 5.75 Å². The summed E-state index contributed by atoms with van der Waals surface area (Å²) in [5.41, 5.74) is 1.99. The highest BCUT2D eigenvalue weighted by atomic mass is 17.2. The zero-order valence-corrected chi connectivity index (χ0v) is 7.74. The number of fused-ring (bicyclic) bond motifs is 1. The molecule has 2 aromatic heterocycles. The van der Waals surface area contributed by atoms with Crippen molar-refractivity contribution in [1.82, 2.24) is 4.98 Å². The molecule has 2 N–H and O–H groups in total. The number of aromatic hydroxyl groups is 1. The number of rotatable bonds is 4. The molecule has 0 unspecified atom stereocenters. The van der Waals surface area contributed by atoms with Gasteiger partial charge in [-0.3, -0.25) is 0 Å². The summed E-state index contributed by atoms with van der Waals surface area (Å²) in [6.07, 6.45) is 1.29. The summed E-state index contributed by atoms with van der Waals surface area (Å²) in [4.78, 5) is 12.5. The minimum absolute atomic E-state index is 0.0997. The Bertz CT molecular complexity index is 417. The van der Waals surface area contributed by atoms with E-state index < -0.39 is 0 Å². The number of hydrogen-bond donors (Lipinski definition) is 2. The molecular formula is C9H11NO4. The molecule has 0 aliphatic heterocycles. The number of nitrogens with one attached hydrogen (secondary N) is 1. The quantitative estimate of drug-likeness (QED) is 0.446. The summed E-state index contributed by atoms with van der Waals surface area (Å²) in [6, 6.07) is 1.76. The van der Waals surface area contributed by atoms with Gasteiger partial charge in [-0.05, 0) is 6.92 Å². The van der Waals surface area contributed by atoms with Crippen molar-refractivity contribution in [2.75, 3.05) is 6.61 Å². The fraction of sp³-hybridized carbons (Fsp3) is 0.333. The molecule has 0 radical (unpaired) electrons. The lowest BCUT2D eigenvalue weighted by Gasteiger charge is -1.98. The third-order valence-electron chi connectivity index (χ3n) is 1.81. The number of furan rings is 1. The van der Waals surface area contributed by atoms with Gasteiger partial charge < -0.3 is 14.5 Å². The molecule has 5 nitrogen and oxygen atoms in total. The van der Waals surface area contributed by atoms with Crippen LogP contribution in [0.2, 0.25) is 0 Å². The average Bonchev–Trinajstić information content (AvgIpc) is 2.70. The van der Waals surface area contributed by atoms with Crippen LogP contribution in [0.1, 0.15) is 12.6 Å². The Morgan fingerprint density at radius 1 is 1.50 bits per heavy atom. The maximum atomic E-state index is 9.30. The second-order valence-electron chi connectivity index (χ2n) is 2.82. The highest BCUT2D eigenvalue weighted by molar-refractivity contribution is 5.80. The molecule has 2 aromatic rings. The van der Waals surface area contributed by atoms with Crippen LogP contribution in [0.25, 0.3) is 11.1 Å². The zero-order valence-electron chi connectivity index (χ0n) is 7.74. The predicted octanol–water partition coefficient (Wildman–Crippen LogP) is 1.93. The smallest absolute Gasteiger partial charge is 0.178 e. The molecule has 76 valence electrons. The molecule has 0 bridgehead atoms. The third kappa shape index (κ3) is 1.59. The third-order valence-corrected chi connectivity index (χ3v) is 1.81. The van der Waals surface area contributed by atoms with Crippen LogP contribution in [0.5, 0.6) is 5.75 Å². The monoisotopic (exact) mass is 197 g/mol. The van der Waals surface area contributed by atoms with E-state index in [1.54, 1.807) is 6.07 Å². The van der Waals surface area contributed by atoms with E-state index in [4.69, 9.17) is 14.2 Å². The Balaban J connectivity index is 2.11. The van der Waals surface area contributed by atoms with Gasteiger partial charge in [0, 0.05) is 11.8 Å². The Kier molecular flexibility index (Phi) is 2.43. The van der Waals surface area contributed by atoms with Crippen molar-refractivity contribution in [3.05, 3.63) is 18.0 Å². The molecule has 0 amide bonds. The predicted molar refractivity (Wildman–Crippen MR) is 48.6 cm³/mol. The average molecular weight is 197 g/mol. The van der Waals surface area contributed by atoms with Crippen LogP contribution in [0.15, 0.2) is 16.7 Å². The molecule has 0 saturated carbocycles. The molecule has 2 rings (SSSR count). The fourth-order valence-corrected chi connectivity index (χ4v) is 1.22. The van der Waals surface area contributed by atoms with Crippen molar-refractivity contribution in [3.63, 3.8) is 0 Å². The van der Waals surface area contributed by atoms with Crippen molar-refractivity contribution < 1.29 is 19.3 Å². The van der Waals surface area contributed by atoms with Gasteiger partial charge in [-0.2, -0.15) is 0 Å². The van der Waals surface area contributed by atoms with E-state index in [9.17, 15) is 5.11 Å². The highest BCUT2D eigenvalue weighted by Gasteiger charge is 2.08. The molecule has 0 aromatic carbocycles. The van der Waals surface area contributed by atoms with Crippen LogP contribution in [0.3, 0.4) is 0 Å². The van der Waals surface area contributed by atoms with Crippen molar-refractivity contribution >= 4 is 11.1 Å². The Morgan fingerprint density at radius 3 is 3.07 bits per heavy atom. The molecule has 5 heteroatoms. The zero-order chi connectivity index (χ0) is 9.97. The van der Waals surface area contributed by atoms with Crippen LogP contribution in [0.4, 0.5) is 0 Å². The van der Waals surface area contributed by atoms with Crippen LogP contribution < -0.4 is 0 Å². The second-order valence-corrected chi connectivity index (χ2v) is 2.82. The first-order valence-electron chi connectivity index (χ1n) is 4.33. The first-order chi connectivity index (χ1) is 6.81. The number of aromatic nitrogens is 1. The SMILES string of the molecule is CCOOCc1cc2occ(O)c2[nH]1. The van der Waals surface area contributed by atoms with Crippen LogP contribution in [0, 0.1) is 0 Å². The second kappa shape index (κ2) is 3.73. The van der Waals surface area contributed by atoms with Crippen molar-refractivity contribution in [1.29, 1.82) is 0 Å². The highest BCUT2D eigenvalue weighted by Crippen LogP contribution is 2.26. The van der Waals surface area contributed by atoms with Crippen molar-refractivity contribution in [2.45, 2.75) is 13.5 Å². The summed E-state index contributed by atoms with van der Waals surface area (Å²) in [6.45, 7) is 2.64. The molecule has 0 aliphatic rings. The molecule has 0 fully saturated rings. The van der Waals surface area contributed by atoms with Crippen LogP contribution >= 0.6 is 0 Å². The van der Waals surface area contributed by atoms with E-state index in [1.165, 1.54) is 6.26 Å². The van der Waals surface area contributed by atoms with Gasteiger partial charge in [0.2, 0.25) is 0 Å². The summed E-state index contributed by atoms with van der Waals surface area (Å²) in [5.74, 6) is 0.0997. The maximum absolute atomic E-state index is 9.30. The molecule has 14 heavy (non-hydrogen) atoms. The topological polar surface area (TPSA) is 67.6 Å². The van der Waals surface area contributed by atoms with E-state index >= 15 is 0 Å². The number of aromatic amines is 1. The summed E-state index contributed by atoms with van der Waals surface area (Å²) < 4.78 is 5.06. The van der Waals surface area contributed by atoms with Crippen LogP contribution in [-0.2, 0) is 16.4 Å². The molecular weight excluding hydrogens is 186 g/mol. The van der Waals surface area contributed by atoms with Gasteiger partial charge in [0.1, 0.15) is 18.4 Å². The molecule has 2 heterocycles. The normalized spacial score (nSPS) is 11.2. The number of H-pyrrole nitrogens is 1. The minimum atomic E-state index is 0.0997. The first-order valence-corrected chi connectivity index (χ1v) is 4.33. The van der Waals surface area contributed by atoms with Crippen LogP contribution in [-0.4, -0.2) is 16.7 Å². The lowest BCUT2D eigenvalue weighted by atomic mass is 10.4. The summed E-state index contributed by atoms with van der Waals surface area (Å²) in [5, 5.41) is 9.30. The minimum Gasteiger partial charge on any atom is -0.503 e. The number of hydrogen-bond acceptors (Lipinski definition) is 4. The Morgan fingerprint density at radius 2 is 2.36 bits per heavy atom. The summed E-state index contributed by atoms with van der Waals surface area (Å²) >= 11 is 0. The Hall–Kier alpha value is -1.46. The van der Waals surface area contributed by atoms with Gasteiger partial charge in [0.05, 0.1) is 6.61 Å². The van der Waals surface area contributed by atoms with E-state index in [0.29, 0.717) is 24.3 Å². The summed E-state index contributed by atoms with van der Waals surface area (Å²) in [7, 11) is 0. The Labute approximate surface area is 80.2 Å². The van der Waals surface area contributed by atoms with Gasteiger partial charge >= 0.3 is 0 Å². The largest absolute Gasteiger partial charge is 0.503 e. The fourth-order valence-electron chi connectivity index (χ4n) is 1.22. The molecule has 0 saturated heterocycles. The van der Waals surface area contributed by atoms with E-state index in [1.807, 2.05) is 6.92 Å². The maximum Gasteiger partial charge on any atom is 0.178 e. The molecule has 0 atom stereocenters. The first kappa shape index (κ1) is 9.11. The van der Waals surface area contributed by atoms with E-state index in [2.05, 4.69) is 4.98 Å². The van der Waals surface area contributed by atoms with Gasteiger partial charge in [-0.1, -0.05) is 0 Å². The molecule has 0 aliphatic carbocycles. The van der Waals surface area contributed by atoms with E-state index in [0.717, 1.165) is 5.69 Å². The standard InChI is InChI=1S/C9H11NO4/c1-2-13-14-4-6-3-8-9(10-6)7(11)5-12-8/h3,5,10-11H,2,4H2,1H3. The van der Waals surface area contributed by atoms with Gasteiger partial charge in [0.15, 0.2) is 11.3 Å². The van der Waals surface area contributed by atoms with Crippen molar-refractivity contribution in [2.24, 2.45) is 0 Å². The lowest BCUT2D eigenvalue weighted by molar-refractivity contribution is -0.301. The molecule has 0 spiro atoms. The van der Waals surface area contributed by atoms with Gasteiger partial charge in [-0.25, -0.2) is 9.78 Å². The van der Waals surface area contributed by atoms with Gasteiger partial charge in [0.25, 0.3) is 0 Å². The van der Waals surface area contributed by atoms with Crippen molar-refractivity contribution in [3.8, 4) is 5.75 Å².